The van der Waals surface area contributed by atoms with Crippen molar-refractivity contribution < 1.29 is 14.6 Å². The molecule has 0 saturated carbocycles. The molecule has 34 heavy (non-hydrogen) atoms. The van der Waals surface area contributed by atoms with Crippen LogP contribution in [0.3, 0.4) is 0 Å². The number of ketones is 1. The molecule has 1 aliphatic heterocycles. The number of carbonyl (C=O) groups is 1. The van der Waals surface area contributed by atoms with Gasteiger partial charge in [0.05, 0.1) is 7.11 Å². The fourth-order valence-corrected chi connectivity index (χ4v) is 5.70. The minimum Gasteiger partial charge on any atom is -0.504 e. The number of methoxy groups -OCH3 is 1. The first-order valence-electron chi connectivity index (χ1n) is 11.0. The summed E-state index contributed by atoms with van der Waals surface area (Å²) < 4.78 is 7.10. The lowest BCUT2D eigenvalue weighted by atomic mass is 9.73. The lowest BCUT2D eigenvalue weighted by molar-refractivity contribution is -0.118. The number of Topliss-reactive ketones (excluding diaryl/α,β-unsaturated/α-hetero) is 1. The second kappa shape index (κ2) is 8.67. The number of aromatic hydroxyl groups is 1. The first-order chi connectivity index (χ1) is 16.3. The van der Waals surface area contributed by atoms with Crippen molar-refractivity contribution in [1.29, 1.82) is 0 Å². The van der Waals surface area contributed by atoms with Crippen LogP contribution in [-0.2, 0) is 10.5 Å². The van der Waals surface area contributed by atoms with Gasteiger partial charge in [0.2, 0.25) is 11.1 Å². The minimum atomic E-state index is -0.466. The van der Waals surface area contributed by atoms with Crippen LogP contribution in [0.15, 0.2) is 58.9 Å². The Morgan fingerprint density at radius 1 is 1.26 bits per heavy atom. The Balaban J connectivity index is 1.56. The molecule has 0 spiro atoms. The largest absolute Gasteiger partial charge is 0.504 e. The fraction of sp³-hybridized carbons (Fsp3) is 0.320. The van der Waals surface area contributed by atoms with E-state index in [9.17, 15) is 9.90 Å². The van der Waals surface area contributed by atoms with Gasteiger partial charge in [0.1, 0.15) is 6.04 Å². The summed E-state index contributed by atoms with van der Waals surface area (Å²) in [5.41, 5.74) is 3.21. The number of allylic oxidation sites excluding steroid dienone is 2. The molecule has 1 atom stereocenters. The standard InChI is InChI=1S/C25H25ClN4O3S/c1-25(2)11-17-21(19(32)12-25)22(14-8-9-18(31)20(10-14)33-3)30-23(27-17)28-24(29-30)34-13-15-6-4-5-7-16(15)26/h4-10,22,31H,11-13H2,1-3H3,(H,27,28,29)/t22-/m1/s1. The molecule has 0 bridgehead atoms. The molecule has 5 rings (SSSR count). The van der Waals surface area contributed by atoms with Crippen LogP contribution in [-0.4, -0.2) is 32.8 Å². The Labute approximate surface area is 207 Å². The number of nitrogens with one attached hydrogen (secondary N) is 1. The smallest absolute Gasteiger partial charge is 0.227 e. The lowest BCUT2D eigenvalue weighted by Gasteiger charge is -2.38. The Bertz CT molecular complexity index is 1320. The number of phenolic OH excluding ortho intramolecular Hbond substituents is 1. The third-order valence-corrected chi connectivity index (χ3v) is 7.40. The molecule has 0 saturated heterocycles. The Kier molecular flexibility index (Phi) is 5.81. The molecule has 3 aromatic rings. The molecule has 2 aromatic carbocycles. The molecular weight excluding hydrogens is 472 g/mol. The molecule has 0 fully saturated rings. The quantitative estimate of drug-likeness (QED) is 0.444. The third kappa shape index (κ3) is 4.16. The maximum atomic E-state index is 13.4. The monoisotopic (exact) mass is 496 g/mol. The molecule has 7 nitrogen and oxygen atoms in total. The number of hydrogen-bond donors (Lipinski definition) is 2. The predicted octanol–water partition coefficient (Wildman–Crippen LogP) is 5.60. The zero-order chi connectivity index (χ0) is 24.0. The minimum absolute atomic E-state index is 0.0419. The summed E-state index contributed by atoms with van der Waals surface area (Å²) in [6.07, 6.45) is 1.19. The summed E-state index contributed by atoms with van der Waals surface area (Å²) in [6, 6.07) is 12.4. The Morgan fingerprint density at radius 2 is 2.06 bits per heavy atom. The summed E-state index contributed by atoms with van der Waals surface area (Å²) in [6.45, 7) is 4.19. The number of benzene rings is 2. The Hall–Kier alpha value is -2.97. The van der Waals surface area contributed by atoms with Crippen molar-refractivity contribution in [3.63, 3.8) is 0 Å². The molecule has 1 aliphatic carbocycles. The van der Waals surface area contributed by atoms with Crippen molar-refractivity contribution in [2.75, 3.05) is 12.4 Å². The van der Waals surface area contributed by atoms with Crippen LogP contribution >= 0.6 is 23.4 Å². The summed E-state index contributed by atoms with van der Waals surface area (Å²) in [5, 5.41) is 19.6. The van der Waals surface area contributed by atoms with Crippen LogP contribution in [0.2, 0.25) is 5.02 Å². The normalized spacial score (nSPS) is 18.8. The number of hydrogen-bond acceptors (Lipinski definition) is 7. The summed E-state index contributed by atoms with van der Waals surface area (Å²) >= 11 is 7.80. The van der Waals surface area contributed by atoms with Gasteiger partial charge in [-0.2, -0.15) is 4.98 Å². The highest BCUT2D eigenvalue weighted by Crippen LogP contribution is 2.46. The van der Waals surface area contributed by atoms with Gasteiger partial charge in [-0.05, 0) is 41.2 Å². The van der Waals surface area contributed by atoms with Crippen molar-refractivity contribution in [1.82, 2.24) is 14.8 Å². The number of anilines is 1. The first-order valence-corrected chi connectivity index (χ1v) is 12.3. The molecule has 9 heteroatoms. The van der Waals surface area contributed by atoms with Gasteiger partial charge in [0.15, 0.2) is 17.3 Å². The summed E-state index contributed by atoms with van der Waals surface area (Å²) in [5.74, 6) is 1.68. The molecule has 1 aromatic heterocycles. The van der Waals surface area contributed by atoms with E-state index in [1.807, 2.05) is 24.3 Å². The number of rotatable bonds is 5. The van der Waals surface area contributed by atoms with E-state index < -0.39 is 6.04 Å². The first kappa shape index (κ1) is 22.8. The molecule has 2 aliphatic rings. The van der Waals surface area contributed by atoms with Gasteiger partial charge in [-0.1, -0.05) is 61.5 Å². The molecule has 2 N–H and O–H groups in total. The van der Waals surface area contributed by atoms with Crippen LogP contribution in [0, 0.1) is 5.41 Å². The predicted molar refractivity (Wildman–Crippen MR) is 133 cm³/mol. The highest BCUT2D eigenvalue weighted by molar-refractivity contribution is 7.98. The highest BCUT2D eigenvalue weighted by Gasteiger charge is 2.42. The van der Waals surface area contributed by atoms with E-state index in [-0.39, 0.29) is 16.9 Å². The van der Waals surface area contributed by atoms with Gasteiger partial charge in [0.25, 0.3) is 0 Å². The van der Waals surface area contributed by atoms with Gasteiger partial charge in [-0.15, -0.1) is 5.10 Å². The highest BCUT2D eigenvalue weighted by atomic mass is 35.5. The zero-order valence-electron chi connectivity index (χ0n) is 19.1. The summed E-state index contributed by atoms with van der Waals surface area (Å²) in [7, 11) is 1.50. The number of carbonyl (C=O) groups excluding carboxylic acids is 1. The van der Waals surface area contributed by atoms with Gasteiger partial charge in [-0.25, -0.2) is 4.68 Å². The third-order valence-electron chi connectivity index (χ3n) is 6.15. The molecule has 2 heterocycles. The maximum Gasteiger partial charge on any atom is 0.227 e. The second-order valence-corrected chi connectivity index (χ2v) is 10.7. The number of thioether (sulfide) groups is 1. The average Bonchev–Trinajstić information content (AvgIpc) is 3.19. The van der Waals surface area contributed by atoms with Gasteiger partial charge < -0.3 is 15.2 Å². The zero-order valence-corrected chi connectivity index (χ0v) is 20.7. The van der Waals surface area contributed by atoms with Gasteiger partial charge in [0, 0.05) is 28.5 Å². The van der Waals surface area contributed by atoms with E-state index in [4.69, 9.17) is 26.4 Å². The number of fused-ring (bicyclic) bond motifs is 1. The average molecular weight is 497 g/mol. The van der Waals surface area contributed by atoms with Crippen molar-refractivity contribution >= 4 is 35.1 Å². The number of aromatic nitrogens is 3. The number of ether oxygens (including phenoxy) is 1. The van der Waals surface area contributed by atoms with Crippen LogP contribution in [0.25, 0.3) is 0 Å². The van der Waals surface area contributed by atoms with Crippen LogP contribution in [0.5, 0.6) is 11.5 Å². The van der Waals surface area contributed by atoms with E-state index in [2.05, 4.69) is 19.2 Å². The van der Waals surface area contributed by atoms with Gasteiger partial charge in [-0.3, -0.25) is 4.79 Å². The topological polar surface area (TPSA) is 89.3 Å². The number of nitrogens with zero attached hydrogens (tertiary/aromatic N) is 3. The van der Waals surface area contributed by atoms with Crippen molar-refractivity contribution in [2.24, 2.45) is 5.41 Å². The SMILES string of the molecule is COc1cc([C@@H]2C3=C(CC(C)(C)CC3=O)Nc3nc(SCc4ccccc4Cl)nn32)ccc1O. The van der Waals surface area contributed by atoms with Crippen LogP contribution in [0.4, 0.5) is 5.95 Å². The molecule has 0 radical (unpaired) electrons. The van der Waals surface area contributed by atoms with E-state index in [0.717, 1.165) is 23.2 Å². The maximum absolute atomic E-state index is 13.4. The van der Waals surface area contributed by atoms with E-state index >= 15 is 0 Å². The number of phenols is 1. The molecule has 176 valence electrons. The van der Waals surface area contributed by atoms with Gasteiger partial charge >= 0.3 is 0 Å². The van der Waals surface area contributed by atoms with E-state index in [1.165, 1.54) is 18.9 Å². The van der Waals surface area contributed by atoms with Crippen molar-refractivity contribution in [3.8, 4) is 11.5 Å². The molecule has 0 unspecified atom stereocenters. The van der Waals surface area contributed by atoms with Crippen LogP contribution < -0.4 is 10.1 Å². The summed E-state index contributed by atoms with van der Waals surface area (Å²) in [4.78, 5) is 18.1. The van der Waals surface area contributed by atoms with Crippen molar-refractivity contribution in [2.45, 2.75) is 43.6 Å². The Morgan fingerprint density at radius 3 is 2.82 bits per heavy atom. The number of halogens is 1. The van der Waals surface area contributed by atoms with Crippen LogP contribution in [0.1, 0.15) is 43.9 Å². The lowest BCUT2D eigenvalue weighted by Crippen LogP contribution is -2.36. The fourth-order valence-electron chi connectivity index (χ4n) is 4.58. The van der Waals surface area contributed by atoms with E-state index in [0.29, 0.717) is 39.6 Å². The van der Waals surface area contributed by atoms with E-state index in [1.54, 1.807) is 22.9 Å². The molecular formula is C25H25ClN4O3S. The second-order valence-electron chi connectivity index (χ2n) is 9.33. The molecule has 0 amide bonds. The van der Waals surface area contributed by atoms with Crippen molar-refractivity contribution in [3.05, 3.63) is 69.9 Å².